The lowest BCUT2D eigenvalue weighted by molar-refractivity contribution is -0.125. The number of nitrogens with one attached hydrogen (secondary N) is 1. The van der Waals surface area contributed by atoms with Gasteiger partial charge in [-0.05, 0) is 37.0 Å². The largest absolute Gasteiger partial charge is 0.356 e. The molecule has 1 amide bonds. The van der Waals surface area contributed by atoms with Crippen LogP contribution in [-0.2, 0) is 4.79 Å². The Morgan fingerprint density at radius 3 is 2.85 bits per heavy atom. The monoisotopic (exact) mass is 356 g/mol. The average molecular weight is 356 g/mol. The van der Waals surface area contributed by atoms with Crippen molar-refractivity contribution in [1.82, 2.24) is 15.3 Å². The fourth-order valence-corrected chi connectivity index (χ4v) is 3.21. The molecule has 0 spiro atoms. The summed E-state index contributed by atoms with van der Waals surface area (Å²) in [5.41, 5.74) is 1.53. The van der Waals surface area contributed by atoms with Crippen molar-refractivity contribution in [3.8, 4) is 11.1 Å². The Morgan fingerprint density at radius 2 is 2.12 bits per heavy atom. The van der Waals surface area contributed by atoms with Crippen LogP contribution in [0.25, 0.3) is 11.1 Å². The van der Waals surface area contributed by atoms with Crippen molar-refractivity contribution in [1.29, 1.82) is 0 Å². The summed E-state index contributed by atoms with van der Waals surface area (Å²) in [7, 11) is 0. The molecule has 6 heteroatoms. The minimum atomic E-state index is -0.278. The second-order valence-corrected chi connectivity index (χ2v) is 6.71. The minimum Gasteiger partial charge on any atom is -0.356 e. The van der Waals surface area contributed by atoms with E-state index in [2.05, 4.69) is 27.1 Å². The minimum absolute atomic E-state index is 0.0212. The first-order valence-corrected chi connectivity index (χ1v) is 9.28. The van der Waals surface area contributed by atoms with Crippen LogP contribution in [0.4, 0.5) is 10.3 Å². The second-order valence-electron chi connectivity index (χ2n) is 6.71. The highest BCUT2D eigenvalue weighted by Crippen LogP contribution is 2.23. The van der Waals surface area contributed by atoms with Gasteiger partial charge in [0, 0.05) is 37.6 Å². The third kappa shape index (κ3) is 4.56. The van der Waals surface area contributed by atoms with Gasteiger partial charge in [-0.1, -0.05) is 25.5 Å². The summed E-state index contributed by atoms with van der Waals surface area (Å²) >= 11 is 0. The van der Waals surface area contributed by atoms with Gasteiger partial charge in [0.15, 0.2) is 0 Å². The molecule has 1 aromatic carbocycles. The summed E-state index contributed by atoms with van der Waals surface area (Å²) in [6.45, 7) is 4.33. The molecular weight excluding hydrogens is 331 g/mol. The molecule has 1 aliphatic rings. The number of anilines is 1. The molecule has 138 valence electrons. The number of benzene rings is 1. The Labute approximate surface area is 153 Å². The first-order chi connectivity index (χ1) is 12.7. The maximum absolute atomic E-state index is 13.4. The van der Waals surface area contributed by atoms with Gasteiger partial charge >= 0.3 is 0 Å². The van der Waals surface area contributed by atoms with Gasteiger partial charge < -0.3 is 10.2 Å². The maximum atomic E-state index is 13.4. The van der Waals surface area contributed by atoms with Crippen molar-refractivity contribution >= 4 is 11.9 Å². The number of amides is 1. The Kier molecular flexibility index (Phi) is 6.15. The number of carbonyl (C=O) groups is 1. The zero-order valence-corrected chi connectivity index (χ0v) is 15.1. The van der Waals surface area contributed by atoms with E-state index >= 15 is 0 Å². The summed E-state index contributed by atoms with van der Waals surface area (Å²) in [6, 6.07) is 6.39. The molecule has 0 radical (unpaired) electrons. The van der Waals surface area contributed by atoms with Crippen molar-refractivity contribution in [2.45, 2.75) is 32.6 Å². The van der Waals surface area contributed by atoms with Crippen LogP contribution < -0.4 is 10.2 Å². The molecule has 1 N–H and O–H groups in total. The first kappa shape index (κ1) is 18.3. The van der Waals surface area contributed by atoms with E-state index in [9.17, 15) is 9.18 Å². The molecule has 0 saturated carbocycles. The van der Waals surface area contributed by atoms with Crippen molar-refractivity contribution in [2.75, 3.05) is 24.5 Å². The highest BCUT2D eigenvalue weighted by atomic mass is 19.1. The van der Waals surface area contributed by atoms with E-state index in [1.807, 2.05) is 6.07 Å². The molecule has 1 saturated heterocycles. The lowest BCUT2D eigenvalue weighted by Gasteiger charge is -2.32. The molecule has 3 rings (SSSR count). The van der Waals surface area contributed by atoms with Gasteiger partial charge in [-0.3, -0.25) is 4.79 Å². The number of rotatable bonds is 6. The zero-order chi connectivity index (χ0) is 18.4. The van der Waals surface area contributed by atoms with Gasteiger partial charge in [-0.15, -0.1) is 0 Å². The first-order valence-electron chi connectivity index (χ1n) is 9.28. The second kappa shape index (κ2) is 8.74. The van der Waals surface area contributed by atoms with Crippen LogP contribution in [0.3, 0.4) is 0 Å². The number of nitrogens with zero attached hydrogens (tertiary/aromatic N) is 3. The van der Waals surface area contributed by atoms with E-state index in [1.54, 1.807) is 18.5 Å². The molecule has 26 heavy (non-hydrogen) atoms. The highest BCUT2D eigenvalue weighted by molar-refractivity contribution is 5.79. The lowest BCUT2D eigenvalue weighted by atomic mass is 9.97. The van der Waals surface area contributed by atoms with Crippen LogP contribution in [0.15, 0.2) is 36.7 Å². The van der Waals surface area contributed by atoms with Gasteiger partial charge in [0.25, 0.3) is 0 Å². The third-order valence-electron chi connectivity index (χ3n) is 4.70. The van der Waals surface area contributed by atoms with Crippen LogP contribution in [0.1, 0.15) is 32.6 Å². The van der Waals surface area contributed by atoms with E-state index in [-0.39, 0.29) is 17.6 Å². The van der Waals surface area contributed by atoms with E-state index in [0.717, 1.165) is 49.9 Å². The summed E-state index contributed by atoms with van der Waals surface area (Å²) in [6.07, 6.45) is 7.34. The number of carbonyl (C=O) groups excluding carboxylic acids is 1. The smallest absolute Gasteiger partial charge is 0.225 e. The van der Waals surface area contributed by atoms with Gasteiger partial charge in [0.2, 0.25) is 11.9 Å². The number of piperidine rings is 1. The van der Waals surface area contributed by atoms with Gasteiger partial charge in [-0.2, -0.15) is 0 Å². The van der Waals surface area contributed by atoms with Crippen LogP contribution in [0.2, 0.25) is 0 Å². The molecule has 2 aromatic rings. The molecule has 0 aliphatic carbocycles. The van der Waals surface area contributed by atoms with E-state index in [0.29, 0.717) is 12.5 Å². The SMILES string of the molecule is CCCCNC(=O)C1CCCN(c2ncc(-c3cccc(F)c3)cn2)C1. The molecule has 1 atom stereocenters. The molecule has 2 heterocycles. The van der Waals surface area contributed by atoms with Gasteiger partial charge in [0.1, 0.15) is 5.82 Å². The standard InChI is InChI=1S/C20H25FN4O/c1-2-3-9-22-19(26)16-7-5-10-25(14-16)20-23-12-17(13-24-20)15-6-4-8-18(21)11-15/h4,6,8,11-13,16H,2-3,5,7,9-10,14H2,1H3,(H,22,26). The summed E-state index contributed by atoms with van der Waals surface area (Å²) in [5, 5.41) is 3.02. The summed E-state index contributed by atoms with van der Waals surface area (Å²) in [5.74, 6) is 0.447. The maximum Gasteiger partial charge on any atom is 0.225 e. The summed E-state index contributed by atoms with van der Waals surface area (Å²) in [4.78, 5) is 23.2. The number of hydrogen-bond donors (Lipinski definition) is 1. The molecule has 0 bridgehead atoms. The third-order valence-corrected chi connectivity index (χ3v) is 4.70. The van der Waals surface area contributed by atoms with Crippen LogP contribution >= 0.6 is 0 Å². The number of halogens is 1. The summed E-state index contributed by atoms with van der Waals surface area (Å²) < 4.78 is 13.4. The Bertz CT molecular complexity index is 735. The van der Waals surface area contributed by atoms with Crippen molar-refractivity contribution < 1.29 is 9.18 Å². The van der Waals surface area contributed by atoms with Crippen LogP contribution in [0.5, 0.6) is 0 Å². The van der Waals surface area contributed by atoms with Crippen molar-refractivity contribution in [3.05, 3.63) is 42.5 Å². The van der Waals surface area contributed by atoms with Crippen LogP contribution in [-0.4, -0.2) is 35.5 Å². The molecular formula is C20H25FN4O. The molecule has 5 nitrogen and oxygen atoms in total. The van der Waals surface area contributed by atoms with Gasteiger partial charge in [0.05, 0.1) is 5.92 Å². The van der Waals surface area contributed by atoms with E-state index < -0.39 is 0 Å². The average Bonchev–Trinajstić information content (AvgIpc) is 2.68. The quantitative estimate of drug-likeness (QED) is 0.806. The van der Waals surface area contributed by atoms with Crippen LogP contribution in [0, 0.1) is 11.7 Å². The molecule has 1 fully saturated rings. The van der Waals surface area contributed by atoms with Crippen molar-refractivity contribution in [2.24, 2.45) is 5.92 Å². The predicted octanol–water partition coefficient (Wildman–Crippen LogP) is 3.42. The Balaban J connectivity index is 1.64. The highest BCUT2D eigenvalue weighted by Gasteiger charge is 2.26. The fraction of sp³-hybridized carbons (Fsp3) is 0.450. The zero-order valence-electron chi connectivity index (χ0n) is 15.1. The van der Waals surface area contributed by atoms with Gasteiger partial charge in [-0.25, -0.2) is 14.4 Å². The predicted molar refractivity (Wildman–Crippen MR) is 100 cm³/mol. The molecule has 1 aliphatic heterocycles. The molecule has 1 unspecified atom stereocenters. The fourth-order valence-electron chi connectivity index (χ4n) is 3.21. The van der Waals surface area contributed by atoms with Crippen molar-refractivity contribution in [3.63, 3.8) is 0 Å². The van der Waals surface area contributed by atoms with E-state index in [4.69, 9.17) is 0 Å². The van der Waals surface area contributed by atoms with E-state index in [1.165, 1.54) is 12.1 Å². The number of unbranched alkanes of at least 4 members (excludes halogenated alkanes) is 1. The number of hydrogen-bond acceptors (Lipinski definition) is 4. The Hall–Kier alpha value is -2.50. The normalized spacial score (nSPS) is 17.2. The Morgan fingerprint density at radius 1 is 1.31 bits per heavy atom. The lowest BCUT2D eigenvalue weighted by Crippen LogP contribution is -2.43. The number of aromatic nitrogens is 2. The molecule has 1 aromatic heterocycles. The topological polar surface area (TPSA) is 58.1 Å².